The van der Waals surface area contributed by atoms with Crippen LogP contribution >= 0.6 is 0 Å². The van der Waals surface area contributed by atoms with Crippen LogP contribution in [0.4, 0.5) is 4.39 Å². The normalized spacial score (nSPS) is 28.6. The zero-order valence-electron chi connectivity index (χ0n) is 8.87. The first-order chi connectivity index (χ1) is 7.72. The van der Waals surface area contributed by atoms with E-state index in [1.54, 1.807) is 12.1 Å². The molecule has 84 valence electrons. The van der Waals surface area contributed by atoms with Gasteiger partial charge in [0.2, 0.25) is 5.91 Å². The number of amides is 1. The van der Waals surface area contributed by atoms with Crippen LogP contribution in [0.3, 0.4) is 0 Å². The van der Waals surface area contributed by atoms with E-state index in [2.05, 4.69) is 5.32 Å². The highest BCUT2D eigenvalue weighted by Crippen LogP contribution is 2.39. The number of rotatable bonds is 1. The Bertz CT molecular complexity index is 431. The molecule has 0 aliphatic carbocycles. The second-order valence-electron chi connectivity index (χ2n) is 4.34. The summed E-state index contributed by atoms with van der Waals surface area (Å²) >= 11 is 0. The Morgan fingerprint density at radius 1 is 1.31 bits per heavy atom. The quantitative estimate of drug-likeness (QED) is 0.771. The number of halogens is 1. The Labute approximate surface area is 93.2 Å². The number of benzene rings is 1. The molecule has 0 saturated carbocycles. The summed E-state index contributed by atoms with van der Waals surface area (Å²) in [5.74, 6) is -0.0525. The second kappa shape index (κ2) is 3.28. The Morgan fingerprint density at radius 2 is 2.06 bits per heavy atom. The molecular formula is C12H13FN2O. The topological polar surface area (TPSA) is 32.3 Å². The van der Waals surface area contributed by atoms with Gasteiger partial charge in [0, 0.05) is 19.5 Å². The fourth-order valence-electron chi connectivity index (χ4n) is 2.77. The van der Waals surface area contributed by atoms with Gasteiger partial charge in [-0.25, -0.2) is 4.39 Å². The molecule has 4 heteroatoms. The van der Waals surface area contributed by atoms with E-state index in [1.807, 2.05) is 4.90 Å². The molecule has 3 nitrogen and oxygen atoms in total. The Morgan fingerprint density at radius 3 is 2.81 bits per heavy atom. The Kier molecular flexibility index (Phi) is 2.01. The zero-order valence-corrected chi connectivity index (χ0v) is 8.87. The third-order valence-corrected chi connectivity index (χ3v) is 3.54. The molecule has 2 aliphatic heterocycles. The highest BCUT2D eigenvalue weighted by atomic mass is 19.1. The summed E-state index contributed by atoms with van der Waals surface area (Å²) in [6.45, 7) is 1.55. The minimum Gasteiger partial charge on any atom is -0.319 e. The second-order valence-corrected chi connectivity index (χ2v) is 4.34. The first-order valence-electron chi connectivity index (χ1n) is 5.54. The van der Waals surface area contributed by atoms with Crippen molar-refractivity contribution in [3.05, 3.63) is 35.6 Å². The van der Waals surface area contributed by atoms with Gasteiger partial charge >= 0.3 is 0 Å². The molecule has 0 unspecified atom stereocenters. The molecule has 1 aromatic rings. The van der Waals surface area contributed by atoms with Crippen LogP contribution < -0.4 is 5.32 Å². The molecule has 1 atom stereocenters. The maximum Gasteiger partial charge on any atom is 0.224 e. The van der Waals surface area contributed by atoms with Crippen LogP contribution in [-0.2, 0) is 10.5 Å². The first-order valence-corrected chi connectivity index (χ1v) is 5.54. The van der Waals surface area contributed by atoms with E-state index in [-0.39, 0.29) is 17.4 Å². The van der Waals surface area contributed by atoms with Gasteiger partial charge in [0.25, 0.3) is 0 Å². The van der Waals surface area contributed by atoms with Gasteiger partial charge in [-0.1, -0.05) is 12.1 Å². The molecule has 16 heavy (non-hydrogen) atoms. The van der Waals surface area contributed by atoms with Crippen molar-refractivity contribution in [1.82, 2.24) is 10.2 Å². The molecule has 2 aliphatic rings. The third kappa shape index (κ3) is 1.19. The Balaban J connectivity index is 2.04. The molecule has 2 heterocycles. The van der Waals surface area contributed by atoms with Gasteiger partial charge < -0.3 is 4.90 Å². The van der Waals surface area contributed by atoms with Gasteiger partial charge in [-0.15, -0.1) is 0 Å². The largest absolute Gasteiger partial charge is 0.319 e. The standard InChI is InChI=1S/C12H13FN2O/c13-10-3-1-9(2-4-10)12-6-5-11(16)15(12)8-7-14-12/h1-4,14H,5-8H2/t12-/m0/s1. The van der Waals surface area contributed by atoms with E-state index in [0.29, 0.717) is 6.42 Å². The molecule has 0 aromatic heterocycles. The molecule has 0 spiro atoms. The number of nitrogens with zero attached hydrogens (tertiary/aromatic N) is 1. The molecular weight excluding hydrogens is 207 g/mol. The van der Waals surface area contributed by atoms with Crippen LogP contribution in [0.2, 0.25) is 0 Å². The lowest BCUT2D eigenvalue weighted by Gasteiger charge is -2.32. The number of carbonyl (C=O) groups is 1. The molecule has 1 amide bonds. The molecule has 0 bridgehead atoms. The van der Waals surface area contributed by atoms with Crippen molar-refractivity contribution in [3.63, 3.8) is 0 Å². The smallest absolute Gasteiger partial charge is 0.224 e. The van der Waals surface area contributed by atoms with Crippen molar-refractivity contribution in [2.24, 2.45) is 0 Å². The summed E-state index contributed by atoms with van der Waals surface area (Å²) in [4.78, 5) is 13.6. The fraction of sp³-hybridized carbons (Fsp3) is 0.417. The number of fused-ring (bicyclic) bond motifs is 1. The average molecular weight is 220 g/mol. The molecule has 0 radical (unpaired) electrons. The van der Waals surface area contributed by atoms with Crippen LogP contribution in [0.1, 0.15) is 18.4 Å². The van der Waals surface area contributed by atoms with E-state index in [0.717, 1.165) is 25.1 Å². The maximum atomic E-state index is 12.9. The van der Waals surface area contributed by atoms with Crippen LogP contribution in [0, 0.1) is 5.82 Å². The van der Waals surface area contributed by atoms with Gasteiger partial charge in [0.1, 0.15) is 11.5 Å². The molecule has 2 saturated heterocycles. The highest BCUT2D eigenvalue weighted by Gasteiger charge is 2.49. The Hall–Kier alpha value is -1.42. The van der Waals surface area contributed by atoms with Crippen LogP contribution in [-0.4, -0.2) is 23.9 Å². The van der Waals surface area contributed by atoms with E-state index in [9.17, 15) is 9.18 Å². The van der Waals surface area contributed by atoms with Crippen molar-refractivity contribution in [1.29, 1.82) is 0 Å². The van der Waals surface area contributed by atoms with Crippen LogP contribution in [0.25, 0.3) is 0 Å². The third-order valence-electron chi connectivity index (χ3n) is 3.54. The van der Waals surface area contributed by atoms with E-state index < -0.39 is 0 Å². The fourth-order valence-corrected chi connectivity index (χ4v) is 2.77. The van der Waals surface area contributed by atoms with E-state index >= 15 is 0 Å². The zero-order chi connectivity index (χ0) is 11.2. The maximum absolute atomic E-state index is 12.9. The summed E-state index contributed by atoms with van der Waals surface area (Å²) in [6.07, 6.45) is 1.35. The van der Waals surface area contributed by atoms with Crippen molar-refractivity contribution in [3.8, 4) is 0 Å². The van der Waals surface area contributed by atoms with E-state index in [4.69, 9.17) is 0 Å². The summed E-state index contributed by atoms with van der Waals surface area (Å²) in [7, 11) is 0. The number of hydrogen-bond acceptors (Lipinski definition) is 2. The monoisotopic (exact) mass is 220 g/mol. The molecule has 2 fully saturated rings. The SMILES string of the molecule is O=C1CC[C@]2(c3ccc(F)cc3)NCCN12. The number of nitrogens with one attached hydrogen (secondary N) is 1. The van der Waals surface area contributed by atoms with Gasteiger partial charge in [-0.2, -0.15) is 0 Å². The lowest BCUT2D eigenvalue weighted by atomic mass is 9.97. The molecule has 1 aromatic carbocycles. The van der Waals surface area contributed by atoms with Gasteiger partial charge in [-0.3, -0.25) is 10.1 Å². The minimum absolute atomic E-state index is 0.189. The van der Waals surface area contributed by atoms with Crippen molar-refractivity contribution in [2.75, 3.05) is 13.1 Å². The number of carbonyl (C=O) groups excluding carboxylic acids is 1. The van der Waals surface area contributed by atoms with Gasteiger partial charge in [0.05, 0.1) is 0 Å². The minimum atomic E-state index is -0.370. The predicted octanol–water partition coefficient (Wildman–Crippen LogP) is 1.20. The molecule has 3 rings (SSSR count). The average Bonchev–Trinajstić information content (AvgIpc) is 2.82. The summed E-state index contributed by atoms with van der Waals surface area (Å²) < 4.78 is 12.9. The van der Waals surface area contributed by atoms with Crippen molar-refractivity contribution >= 4 is 5.91 Å². The van der Waals surface area contributed by atoms with Gasteiger partial charge in [0.15, 0.2) is 0 Å². The summed E-state index contributed by atoms with van der Waals surface area (Å²) in [5.41, 5.74) is 0.613. The van der Waals surface area contributed by atoms with Crippen molar-refractivity contribution < 1.29 is 9.18 Å². The van der Waals surface area contributed by atoms with Crippen LogP contribution in [0.15, 0.2) is 24.3 Å². The lowest BCUT2D eigenvalue weighted by molar-refractivity contribution is -0.130. The molecule has 1 N–H and O–H groups in total. The number of hydrogen-bond donors (Lipinski definition) is 1. The first kappa shape index (κ1) is 9.78. The summed E-state index contributed by atoms with van der Waals surface area (Å²) in [6, 6.07) is 6.43. The van der Waals surface area contributed by atoms with Gasteiger partial charge in [-0.05, 0) is 24.1 Å². The van der Waals surface area contributed by atoms with Crippen LogP contribution in [0.5, 0.6) is 0 Å². The predicted molar refractivity (Wildman–Crippen MR) is 57.0 cm³/mol. The summed E-state index contributed by atoms with van der Waals surface area (Å²) in [5, 5.41) is 3.38. The lowest BCUT2D eigenvalue weighted by Crippen LogP contribution is -2.45. The van der Waals surface area contributed by atoms with Crippen molar-refractivity contribution in [2.45, 2.75) is 18.5 Å². The van der Waals surface area contributed by atoms with E-state index in [1.165, 1.54) is 12.1 Å². The highest BCUT2D eigenvalue weighted by molar-refractivity contribution is 5.80.